The van der Waals surface area contributed by atoms with Crippen LogP contribution in [-0.4, -0.2) is 152 Å². The van der Waals surface area contributed by atoms with Crippen LogP contribution in [0.15, 0.2) is 55.6 Å². The summed E-state index contributed by atoms with van der Waals surface area (Å²) in [7, 11) is 0. The fraction of sp³-hybridized carbons (Fsp3) is 0.688. The molecule has 0 amide bonds. The highest BCUT2D eigenvalue weighted by atomic mass is 35.5. The lowest BCUT2D eigenvalue weighted by Crippen LogP contribution is -2.45. The molecule has 582 valence electrons. The predicted molar refractivity (Wildman–Crippen MR) is 412 cm³/mol. The molecule has 2 fully saturated rings. The second kappa shape index (κ2) is 39.9. The van der Waals surface area contributed by atoms with Crippen molar-refractivity contribution in [3.8, 4) is 0 Å². The topological polar surface area (TPSA) is 332 Å². The summed E-state index contributed by atoms with van der Waals surface area (Å²) >= 11 is 11.0. The zero-order valence-corrected chi connectivity index (χ0v) is 68.1. The molecule has 24 heteroatoms. The van der Waals surface area contributed by atoms with Crippen LogP contribution in [-0.2, 0) is 49.6 Å². The Hall–Kier alpha value is -5.02. The summed E-state index contributed by atoms with van der Waals surface area (Å²) in [5.74, 6) is -4.68. The first-order valence-electron chi connectivity index (χ1n) is 36.9. The molecule has 3 aromatic heterocycles. The Labute approximate surface area is 634 Å². The number of nitrogens with one attached hydrogen (secondary N) is 1. The molecule has 2 saturated heterocycles. The van der Waals surface area contributed by atoms with Gasteiger partial charge >= 0.3 is 17.9 Å². The average Bonchev–Trinajstić information content (AvgIpc) is 1.60. The normalized spacial score (nSPS) is 33.7. The van der Waals surface area contributed by atoms with Crippen LogP contribution in [0.5, 0.6) is 0 Å². The number of ketones is 3. The van der Waals surface area contributed by atoms with E-state index in [1.807, 2.05) is 96.7 Å². The number of carbonyl (C=O) groups is 6. The van der Waals surface area contributed by atoms with Gasteiger partial charge in [0.1, 0.15) is 40.7 Å². The minimum Gasteiger partial charge on any atom is -0.458 e. The van der Waals surface area contributed by atoms with Gasteiger partial charge < -0.3 is 55.3 Å². The molecule has 104 heavy (non-hydrogen) atoms. The minimum atomic E-state index is -1.26. The molecule has 0 radical (unpaired) electrons. The van der Waals surface area contributed by atoms with Gasteiger partial charge in [-0.3, -0.25) is 28.8 Å². The molecule has 7 rings (SSSR count). The van der Waals surface area contributed by atoms with Gasteiger partial charge in [0, 0.05) is 64.7 Å². The van der Waals surface area contributed by atoms with Gasteiger partial charge in [0.05, 0.1) is 111 Å². The highest BCUT2D eigenvalue weighted by Gasteiger charge is 2.51. The van der Waals surface area contributed by atoms with E-state index < -0.39 is 107 Å². The summed E-state index contributed by atoms with van der Waals surface area (Å²) in [6.45, 7) is 34.4. The number of cyclic esters (lactones) is 3. The summed E-state index contributed by atoms with van der Waals surface area (Å²) in [6, 6.07) is 0.204. The summed E-state index contributed by atoms with van der Waals surface area (Å²) in [4.78, 5) is 91.3. The predicted octanol–water partition coefficient (Wildman–Crippen LogP) is 13.9. The molecule has 4 aliphatic rings. The van der Waals surface area contributed by atoms with Crippen LogP contribution in [0, 0.1) is 65.6 Å². The van der Waals surface area contributed by atoms with Crippen molar-refractivity contribution in [1.82, 2.24) is 20.3 Å². The van der Waals surface area contributed by atoms with Crippen LogP contribution < -0.4 is 5.32 Å². The van der Waals surface area contributed by atoms with Crippen LogP contribution in [0.25, 0.3) is 18.2 Å². The lowest BCUT2D eigenvalue weighted by Gasteiger charge is -2.34. The molecule has 4 aliphatic heterocycles. The van der Waals surface area contributed by atoms with Crippen molar-refractivity contribution in [2.24, 2.45) is 51.8 Å². The number of Topliss-reactive ketones (excluding diaryl/α,β-unsaturated/α-hetero) is 3. The SMILES string of the molecule is C/C(=C\c1csc(C)n1)[C@@H]1C[C@@H]2N[C@]2(C)CCC[C@H](C)[C@H](O)[C@@H](C)C(=O)C(C)(C)[C@@H](O)CC(=O)O1.C/C1=C/C[C@@H](/C(C)=C/c2csc(CO)n2)OC(=O)C[C@H](O)C(C)(C)C(=O)[C@H](C)[C@@H](O)[C@@H](C)CCC1.C/C1=C/C[C@@H](/C(Cl)=C/c2csc(C)n2)OC(=O)C[C@H](O)C(C)(C)C(=O)[C@H](C)[C@@H](O)[C@@H](C)CCC1. The van der Waals surface area contributed by atoms with Crippen molar-refractivity contribution in [2.45, 2.75) is 301 Å². The van der Waals surface area contributed by atoms with E-state index in [1.165, 1.54) is 22.7 Å². The van der Waals surface area contributed by atoms with Crippen molar-refractivity contribution < 1.29 is 78.7 Å². The highest BCUT2D eigenvalue weighted by Crippen LogP contribution is 2.40. The molecule has 0 saturated carbocycles. The number of aliphatic hydroxyl groups excluding tert-OH is 7. The molecule has 3 aromatic rings. The summed E-state index contributed by atoms with van der Waals surface area (Å²) < 4.78 is 17.4. The number of allylic oxidation sites excluding steroid dienone is 2. The van der Waals surface area contributed by atoms with Crippen molar-refractivity contribution in [3.05, 3.63) is 87.7 Å². The van der Waals surface area contributed by atoms with Crippen LogP contribution in [0.2, 0.25) is 0 Å². The van der Waals surface area contributed by atoms with E-state index in [-0.39, 0.29) is 72.6 Å². The Kier molecular flexibility index (Phi) is 34.4. The molecule has 0 aromatic carbocycles. The number of esters is 3. The van der Waals surface area contributed by atoms with Crippen molar-refractivity contribution in [3.63, 3.8) is 0 Å². The Morgan fingerprint density at radius 2 is 0.885 bits per heavy atom. The third-order valence-corrected chi connectivity index (χ3v) is 24.8. The van der Waals surface area contributed by atoms with Gasteiger partial charge in [-0.25, -0.2) is 15.0 Å². The standard InChI is InChI=1S/C27H42N2O5S.C27H41NO6S.C26H38ClNO5S/c1-15-9-8-10-27(7)21(29-27)12-20(16(2)11-19-14-35-18(4)28-19)34-23(31)13-22(30)26(5,6)25(33)17(3)24(15)32;1-16-8-7-9-17(2)25(32)19(4)26(33)27(5,6)22(30)13-24(31)34-21(11-10-16)18(3)12-20-15-35-23(14-29)28-20;1-15-8-7-9-16(2)24(31)17(3)25(32)26(5,6)22(29)13-23(30)33-21(11-10-15)20(27)12-19-14-34-18(4)28-19/h11,14-15,17,20-22,24,29-30,32H,8-10,12-13H2,1-7H3;10,12,15,17,19,21-22,25,29-30,32H,7-9,11,13-14H2,1-6H3;10,12,14,16-17,21-22,24,29,31H,7-9,11,13H2,1-6H3/b16-11+;16-10-,18-12+;15-10-,20-12-/t15-,17+,20-,21-,22-,24-,27+;17-,19+,21-,22-,25-;16-,17+,21-,22-,24-/m000/s1. The molecule has 8 N–H and O–H groups in total. The monoisotopic (exact) mass is 1520 g/mol. The maximum Gasteiger partial charge on any atom is 0.309 e. The van der Waals surface area contributed by atoms with Crippen molar-refractivity contribution >= 4 is 99.1 Å². The highest BCUT2D eigenvalue weighted by molar-refractivity contribution is 7.10. The summed E-state index contributed by atoms with van der Waals surface area (Å²) in [5, 5.41) is 86.2. The summed E-state index contributed by atoms with van der Waals surface area (Å²) in [6.07, 6.45) is 9.87. The van der Waals surface area contributed by atoms with E-state index in [2.05, 4.69) is 33.3 Å². The number of aryl methyl sites for hydroxylation is 2. The van der Waals surface area contributed by atoms with Gasteiger partial charge in [0.2, 0.25) is 0 Å². The van der Waals surface area contributed by atoms with Gasteiger partial charge in [-0.05, 0) is 147 Å². The Morgan fingerprint density at radius 1 is 0.529 bits per heavy atom. The second-order valence-electron chi connectivity index (χ2n) is 31.9. The van der Waals surface area contributed by atoms with Crippen molar-refractivity contribution in [1.29, 1.82) is 0 Å². The first-order chi connectivity index (χ1) is 48.4. The third kappa shape index (κ3) is 25.8. The zero-order valence-electron chi connectivity index (χ0n) is 64.9. The average molecular weight is 1530 g/mol. The van der Waals surface area contributed by atoms with E-state index in [4.69, 9.17) is 25.8 Å². The number of fused-ring (bicyclic) bond motifs is 1. The van der Waals surface area contributed by atoms with E-state index in [1.54, 1.807) is 79.7 Å². The van der Waals surface area contributed by atoms with Gasteiger partial charge in [-0.1, -0.05) is 124 Å². The maximum absolute atomic E-state index is 13.2. The van der Waals surface area contributed by atoms with E-state index >= 15 is 0 Å². The fourth-order valence-electron chi connectivity index (χ4n) is 13.8. The van der Waals surface area contributed by atoms with E-state index in [9.17, 15) is 64.5 Å². The molecule has 0 bridgehead atoms. The van der Waals surface area contributed by atoms with E-state index in [0.29, 0.717) is 40.7 Å². The number of aliphatic hydroxyl groups is 7. The number of ether oxygens (including phenoxy) is 3. The first-order valence-corrected chi connectivity index (χ1v) is 40.0. The van der Waals surface area contributed by atoms with E-state index in [0.717, 1.165) is 95.8 Å². The molecule has 20 nitrogen and oxygen atoms in total. The molecule has 0 aliphatic carbocycles. The Bertz CT molecular complexity index is 3530. The number of hydrogen-bond acceptors (Lipinski definition) is 23. The zero-order chi connectivity index (χ0) is 78.1. The van der Waals surface area contributed by atoms with Gasteiger partial charge in [-0.2, -0.15) is 0 Å². The van der Waals surface area contributed by atoms with Gasteiger partial charge in [0.25, 0.3) is 0 Å². The van der Waals surface area contributed by atoms with Crippen LogP contribution in [0.1, 0.15) is 246 Å². The quantitative estimate of drug-likeness (QED) is 0.0471. The largest absolute Gasteiger partial charge is 0.458 e. The number of hydrogen-bond donors (Lipinski definition) is 8. The number of thiazole rings is 3. The van der Waals surface area contributed by atoms with Crippen LogP contribution in [0.4, 0.5) is 0 Å². The van der Waals surface area contributed by atoms with Gasteiger partial charge in [0.15, 0.2) is 0 Å². The lowest BCUT2D eigenvalue weighted by atomic mass is 9.73. The molecule has 17 atom stereocenters. The molecular formula is C80H121ClN4O16S3. The summed E-state index contributed by atoms with van der Waals surface area (Å²) in [5.41, 5.74) is 2.55. The number of carbonyl (C=O) groups excluding carboxylic acids is 6. The Morgan fingerprint density at radius 3 is 1.28 bits per heavy atom. The number of nitrogens with zero attached hydrogens (tertiary/aromatic N) is 3. The number of rotatable bonds is 7. The molecule has 7 heterocycles. The van der Waals surface area contributed by atoms with Crippen LogP contribution >= 0.6 is 45.6 Å². The first kappa shape index (κ1) is 89.6. The third-order valence-electron chi connectivity index (χ3n) is 22.0. The lowest BCUT2D eigenvalue weighted by molar-refractivity contribution is -0.156. The molecule has 0 spiro atoms. The van der Waals surface area contributed by atoms with Gasteiger partial charge in [-0.15, -0.1) is 34.0 Å². The smallest absolute Gasteiger partial charge is 0.309 e. The fourth-order valence-corrected chi connectivity index (χ4v) is 15.8. The molecular weight excluding hydrogens is 1400 g/mol. The van der Waals surface area contributed by atoms with Crippen molar-refractivity contribution in [2.75, 3.05) is 0 Å². The Balaban J connectivity index is 0.000000280. The second-order valence-corrected chi connectivity index (χ2v) is 35.4. The number of halogens is 1. The van der Waals surface area contributed by atoms with Crippen LogP contribution in [0.3, 0.4) is 0 Å². The molecule has 0 unspecified atom stereocenters. The minimum absolute atomic E-state index is 0.0416. The number of aromatic nitrogens is 3. The maximum atomic E-state index is 13.2.